The molecule has 1 aliphatic rings. The molecule has 25 heavy (non-hydrogen) atoms. The molecule has 0 aliphatic carbocycles. The Hall–Kier alpha value is -2.41. The zero-order chi connectivity index (χ0) is 17.8. The second-order valence-electron chi connectivity index (χ2n) is 6.05. The number of aromatic nitrogens is 2. The predicted molar refractivity (Wildman–Crippen MR) is 93.2 cm³/mol. The minimum atomic E-state index is -0.275. The fourth-order valence-corrected chi connectivity index (χ4v) is 2.96. The molecular weight excluding hydrogens is 323 g/mol. The summed E-state index contributed by atoms with van der Waals surface area (Å²) in [6.45, 7) is 7.28. The molecule has 0 radical (unpaired) electrons. The summed E-state index contributed by atoms with van der Waals surface area (Å²) in [5.41, 5.74) is 2.62. The third-order valence-electron chi connectivity index (χ3n) is 4.25. The quantitative estimate of drug-likeness (QED) is 0.901. The number of morpholine rings is 1. The molecule has 1 amide bonds. The van der Waals surface area contributed by atoms with E-state index < -0.39 is 0 Å². The van der Waals surface area contributed by atoms with E-state index >= 15 is 0 Å². The number of hydrogen-bond acceptors (Lipinski definition) is 4. The van der Waals surface area contributed by atoms with Crippen LogP contribution in [0.25, 0.3) is 0 Å². The predicted octanol–water partition coefficient (Wildman–Crippen LogP) is 2.12. The molecule has 0 spiro atoms. The second-order valence-corrected chi connectivity index (χ2v) is 6.05. The maximum atomic E-state index is 14.4. The molecule has 0 saturated carbocycles. The smallest absolute Gasteiger partial charge is 0.269 e. The minimum absolute atomic E-state index is 0.208. The first-order valence-corrected chi connectivity index (χ1v) is 8.52. The number of halogens is 1. The van der Waals surface area contributed by atoms with Gasteiger partial charge in [-0.05, 0) is 37.6 Å². The van der Waals surface area contributed by atoms with Gasteiger partial charge in [0.05, 0.1) is 24.6 Å². The van der Waals surface area contributed by atoms with Gasteiger partial charge < -0.3 is 15.0 Å². The van der Waals surface area contributed by atoms with Crippen LogP contribution in [0.4, 0.5) is 10.1 Å². The van der Waals surface area contributed by atoms with E-state index in [4.69, 9.17) is 4.74 Å². The van der Waals surface area contributed by atoms with Gasteiger partial charge in [-0.2, -0.15) is 5.10 Å². The molecular formula is C18H23FN4O2. The fraction of sp³-hybridized carbons (Fsp3) is 0.444. The Kier molecular flexibility index (Phi) is 5.33. The van der Waals surface area contributed by atoms with Crippen molar-refractivity contribution in [3.8, 4) is 0 Å². The first-order chi connectivity index (χ1) is 12.1. The zero-order valence-electron chi connectivity index (χ0n) is 14.6. The summed E-state index contributed by atoms with van der Waals surface area (Å²) in [6.07, 6.45) is 0. The number of benzene rings is 1. The molecule has 2 aromatic rings. The van der Waals surface area contributed by atoms with Crippen LogP contribution in [0.5, 0.6) is 0 Å². The summed E-state index contributed by atoms with van der Waals surface area (Å²) >= 11 is 0. The Bertz CT molecular complexity index is 754. The van der Waals surface area contributed by atoms with Crippen LogP contribution in [0.2, 0.25) is 0 Å². The molecule has 0 bridgehead atoms. The number of ether oxygens (including phenoxy) is 1. The van der Waals surface area contributed by atoms with E-state index in [0.717, 1.165) is 11.3 Å². The lowest BCUT2D eigenvalue weighted by atomic mass is 10.1. The number of rotatable bonds is 5. The van der Waals surface area contributed by atoms with Crippen LogP contribution in [0, 0.1) is 12.7 Å². The molecule has 3 rings (SSSR count). The molecule has 134 valence electrons. The molecule has 1 saturated heterocycles. The van der Waals surface area contributed by atoms with E-state index in [1.165, 1.54) is 6.07 Å². The van der Waals surface area contributed by atoms with E-state index in [0.29, 0.717) is 44.2 Å². The van der Waals surface area contributed by atoms with Gasteiger partial charge in [-0.1, -0.05) is 6.07 Å². The van der Waals surface area contributed by atoms with Crippen LogP contribution >= 0.6 is 0 Å². The van der Waals surface area contributed by atoms with E-state index in [1.54, 1.807) is 16.8 Å². The summed E-state index contributed by atoms with van der Waals surface area (Å²) in [6, 6.07) is 6.84. The molecule has 0 unspecified atom stereocenters. The Morgan fingerprint density at radius 3 is 2.76 bits per heavy atom. The Balaban J connectivity index is 1.65. The molecule has 2 heterocycles. The lowest BCUT2D eigenvalue weighted by Gasteiger charge is -2.29. The van der Waals surface area contributed by atoms with Gasteiger partial charge in [0.1, 0.15) is 11.5 Å². The minimum Gasteiger partial charge on any atom is -0.378 e. The highest BCUT2D eigenvalue weighted by molar-refractivity contribution is 5.92. The van der Waals surface area contributed by atoms with Crippen molar-refractivity contribution in [1.82, 2.24) is 15.1 Å². The Morgan fingerprint density at radius 2 is 2.08 bits per heavy atom. The summed E-state index contributed by atoms with van der Waals surface area (Å²) in [7, 11) is 0. The average Bonchev–Trinajstić information content (AvgIpc) is 3.01. The van der Waals surface area contributed by atoms with Crippen LogP contribution in [0.1, 0.15) is 28.7 Å². The van der Waals surface area contributed by atoms with Gasteiger partial charge >= 0.3 is 0 Å². The van der Waals surface area contributed by atoms with E-state index in [-0.39, 0.29) is 18.3 Å². The fourth-order valence-electron chi connectivity index (χ4n) is 2.96. The van der Waals surface area contributed by atoms with Gasteiger partial charge in [0, 0.05) is 26.2 Å². The van der Waals surface area contributed by atoms with Gasteiger partial charge in [0.25, 0.3) is 5.91 Å². The number of carbonyl (C=O) groups is 1. The standard InChI is InChI=1S/C18H23FN4O2/c1-3-23-17(10-13(2)21-23)18(24)20-12-14-4-5-16(15(19)11-14)22-6-8-25-9-7-22/h4-5,10-11H,3,6-9,12H2,1-2H3,(H,20,24). The largest absolute Gasteiger partial charge is 0.378 e. The van der Waals surface area contributed by atoms with Crippen molar-refractivity contribution >= 4 is 11.6 Å². The monoisotopic (exact) mass is 346 g/mol. The molecule has 6 nitrogen and oxygen atoms in total. The summed E-state index contributed by atoms with van der Waals surface area (Å²) in [5.74, 6) is -0.483. The van der Waals surface area contributed by atoms with Gasteiger partial charge in [0.15, 0.2) is 0 Å². The van der Waals surface area contributed by atoms with Gasteiger partial charge in [-0.15, -0.1) is 0 Å². The van der Waals surface area contributed by atoms with Crippen LogP contribution in [0.3, 0.4) is 0 Å². The number of carbonyl (C=O) groups excluding carboxylic acids is 1. The van der Waals surface area contributed by atoms with Crippen LogP contribution in [0.15, 0.2) is 24.3 Å². The highest BCUT2D eigenvalue weighted by Gasteiger charge is 2.16. The van der Waals surface area contributed by atoms with E-state index in [9.17, 15) is 9.18 Å². The lowest BCUT2D eigenvalue weighted by molar-refractivity contribution is 0.0940. The van der Waals surface area contributed by atoms with Gasteiger partial charge in [-0.3, -0.25) is 9.48 Å². The maximum Gasteiger partial charge on any atom is 0.269 e. The van der Waals surface area contributed by atoms with Gasteiger partial charge in [-0.25, -0.2) is 4.39 Å². The van der Waals surface area contributed by atoms with Gasteiger partial charge in [0.2, 0.25) is 0 Å². The number of amides is 1. The topological polar surface area (TPSA) is 59.4 Å². The first-order valence-electron chi connectivity index (χ1n) is 8.52. The molecule has 1 aliphatic heterocycles. The molecule has 0 atom stereocenters. The third kappa shape index (κ3) is 3.99. The highest BCUT2D eigenvalue weighted by atomic mass is 19.1. The SMILES string of the molecule is CCn1nc(C)cc1C(=O)NCc1ccc(N2CCOCC2)c(F)c1. The van der Waals surface area contributed by atoms with E-state index in [1.807, 2.05) is 24.8 Å². The zero-order valence-corrected chi connectivity index (χ0v) is 14.6. The molecule has 1 fully saturated rings. The van der Waals surface area contributed by atoms with E-state index in [2.05, 4.69) is 10.4 Å². The van der Waals surface area contributed by atoms with Crippen LogP contribution in [-0.4, -0.2) is 42.0 Å². The van der Waals surface area contributed by atoms with Crippen molar-refractivity contribution in [2.45, 2.75) is 26.9 Å². The van der Waals surface area contributed by atoms with Crippen LogP contribution < -0.4 is 10.2 Å². The second kappa shape index (κ2) is 7.65. The number of anilines is 1. The lowest BCUT2D eigenvalue weighted by Crippen LogP contribution is -2.36. The highest BCUT2D eigenvalue weighted by Crippen LogP contribution is 2.21. The average molecular weight is 346 g/mol. The number of nitrogens with one attached hydrogen (secondary N) is 1. The molecule has 1 N–H and O–H groups in total. The molecule has 1 aromatic heterocycles. The Labute approximate surface area is 146 Å². The Morgan fingerprint density at radius 1 is 1.32 bits per heavy atom. The molecule has 1 aromatic carbocycles. The van der Waals surface area contributed by atoms with Crippen molar-refractivity contribution in [3.63, 3.8) is 0 Å². The van der Waals surface area contributed by atoms with Crippen molar-refractivity contribution in [2.75, 3.05) is 31.2 Å². The van der Waals surface area contributed by atoms with Crippen molar-refractivity contribution in [3.05, 3.63) is 47.0 Å². The maximum absolute atomic E-state index is 14.4. The molecule has 7 heteroatoms. The number of hydrogen-bond donors (Lipinski definition) is 1. The van der Waals surface area contributed by atoms with Crippen LogP contribution in [-0.2, 0) is 17.8 Å². The van der Waals surface area contributed by atoms with Crippen molar-refractivity contribution in [2.24, 2.45) is 0 Å². The van der Waals surface area contributed by atoms with Crippen molar-refractivity contribution < 1.29 is 13.9 Å². The summed E-state index contributed by atoms with van der Waals surface area (Å²) in [5, 5.41) is 7.09. The van der Waals surface area contributed by atoms with Crippen molar-refractivity contribution in [1.29, 1.82) is 0 Å². The summed E-state index contributed by atoms with van der Waals surface area (Å²) in [4.78, 5) is 14.3. The first kappa shape index (κ1) is 17.4. The third-order valence-corrected chi connectivity index (χ3v) is 4.25. The summed E-state index contributed by atoms with van der Waals surface area (Å²) < 4.78 is 21.3. The number of nitrogens with zero attached hydrogens (tertiary/aromatic N) is 3. The normalized spacial score (nSPS) is 14.6. The number of aryl methyl sites for hydroxylation is 2.